The predicted octanol–water partition coefficient (Wildman–Crippen LogP) is 12.6. The van der Waals surface area contributed by atoms with Crippen molar-refractivity contribution in [3.63, 3.8) is 0 Å². The van der Waals surface area contributed by atoms with E-state index in [1.54, 1.807) is 0 Å². The van der Waals surface area contributed by atoms with Crippen LogP contribution in [0.2, 0.25) is 0 Å². The second-order valence-corrected chi connectivity index (χ2v) is 14.1. The molecular weight excluding hydrogens is 605 g/mol. The van der Waals surface area contributed by atoms with Crippen LogP contribution in [-0.4, -0.2) is 9.55 Å². The fourth-order valence-corrected chi connectivity index (χ4v) is 8.25. The van der Waals surface area contributed by atoms with Gasteiger partial charge in [-0.15, -0.1) is 0 Å². The number of hydrogen-bond acceptors (Lipinski definition) is 1. The minimum Gasteiger partial charge on any atom is -0.309 e. The summed E-state index contributed by atoms with van der Waals surface area (Å²) in [7, 11) is 0. The number of aromatic nitrogens is 2. The van der Waals surface area contributed by atoms with Crippen LogP contribution in [-0.2, 0) is 5.41 Å². The number of benzene rings is 7. The van der Waals surface area contributed by atoms with E-state index >= 15 is 0 Å². The molecule has 2 heterocycles. The maximum absolute atomic E-state index is 4.16. The quantitative estimate of drug-likeness (QED) is 0.188. The van der Waals surface area contributed by atoms with Crippen LogP contribution in [0.25, 0.3) is 82.8 Å². The molecule has 0 N–H and O–H groups in total. The minimum absolute atomic E-state index is 0.109. The summed E-state index contributed by atoms with van der Waals surface area (Å²) >= 11 is 0. The van der Waals surface area contributed by atoms with Gasteiger partial charge in [-0.2, -0.15) is 0 Å². The van der Waals surface area contributed by atoms with Crippen molar-refractivity contribution in [1.29, 1.82) is 0 Å². The molecule has 1 aliphatic carbocycles. The largest absolute Gasteiger partial charge is 0.309 e. The van der Waals surface area contributed by atoms with Gasteiger partial charge in [0.1, 0.15) is 0 Å². The highest BCUT2D eigenvalue weighted by molar-refractivity contribution is 6.09. The summed E-state index contributed by atoms with van der Waals surface area (Å²) in [5.41, 5.74) is 16.4. The molecule has 0 unspecified atom stereocenters. The summed E-state index contributed by atoms with van der Waals surface area (Å²) in [6.07, 6.45) is 3.69. The first-order chi connectivity index (χ1) is 24.5. The molecule has 0 bridgehead atoms. The van der Waals surface area contributed by atoms with Crippen molar-refractivity contribution in [2.75, 3.05) is 0 Å². The molecule has 236 valence electrons. The van der Waals surface area contributed by atoms with E-state index in [2.05, 4.69) is 181 Å². The van der Waals surface area contributed by atoms with Gasteiger partial charge in [-0.1, -0.05) is 117 Å². The van der Waals surface area contributed by atoms with Crippen molar-refractivity contribution in [2.45, 2.75) is 19.3 Å². The van der Waals surface area contributed by atoms with Gasteiger partial charge in [-0.3, -0.25) is 4.98 Å². The fourth-order valence-electron chi connectivity index (χ4n) is 8.25. The lowest BCUT2D eigenvalue weighted by Crippen LogP contribution is -2.15. The third kappa shape index (κ3) is 4.38. The van der Waals surface area contributed by atoms with E-state index in [4.69, 9.17) is 0 Å². The number of nitrogens with zero attached hydrogens (tertiary/aromatic N) is 2. The van der Waals surface area contributed by atoms with E-state index in [0.717, 1.165) is 0 Å². The van der Waals surface area contributed by atoms with Crippen molar-refractivity contribution in [3.05, 3.63) is 181 Å². The molecule has 0 spiro atoms. The summed E-state index contributed by atoms with van der Waals surface area (Å²) in [6.45, 7) is 4.74. The topological polar surface area (TPSA) is 17.8 Å². The monoisotopic (exact) mass is 638 g/mol. The third-order valence-electron chi connectivity index (χ3n) is 10.9. The SMILES string of the molecule is CC1(C)c2cc(-c3ccc(-c4ccncc4)cc3)ccc2-c2ccc(-c3ccc4cc(-n5c6ccccc6c6ccccc65)ccc4c3)cc21. The molecule has 50 heavy (non-hydrogen) atoms. The van der Waals surface area contributed by atoms with Gasteiger partial charge in [-0.25, -0.2) is 0 Å². The fraction of sp³-hybridized carbons (Fsp3) is 0.0625. The van der Waals surface area contributed by atoms with Crippen LogP contribution in [0, 0.1) is 0 Å². The highest BCUT2D eigenvalue weighted by Crippen LogP contribution is 2.50. The van der Waals surface area contributed by atoms with Crippen LogP contribution in [0.3, 0.4) is 0 Å². The molecule has 0 saturated carbocycles. The molecule has 0 saturated heterocycles. The number of pyridine rings is 1. The zero-order chi connectivity index (χ0) is 33.4. The lowest BCUT2D eigenvalue weighted by atomic mass is 9.80. The van der Waals surface area contributed by atoms with E-state index in [1.807, 2.05) is 12.4 Å². The third-order valence-corrected chi connectivity index (χ3v) is 10.9. The van der Waals surface area contributed by atoms with E-state index in [1.165, 1.54) is 93.9 Å². The van der Waals surface area contributed by atoms with Gasteiger partial charge in [0.05, 0.1) is 11.0 Å². The zero-order valence-corrected chi connectivity index (χ0v) is 28.1. The molecule has 2 aromatic heterocycles. The molecule has 2 nitrogen and oxygen atoms in total. The smallest absolute Gasteiger partial charge is 0.0541 e. The van der Waals surface area contributed by atoms with Gasteiger partial charge < -0.3 is 4.57 Å². The molecule has 10 rings (SSSR count). The highest BCUT2D eigenvalue weighted by Gasteiger charge is 2.36. The Bertz CT molecular complexity index is 2710. The summed E-state index contributed by atoms with van der Waals surface area (Å²) in [5.74, 6) is 0. The minimum atomic E-state index is -0.109. The van der Waals surface area contributed by atoms with Crippen molar-refractivity contribution < 1.29 is 0 Å². The molecule has 2 heteroatoms. The first-order valence-corrected chi connectivity index (χ1v) is 17.4. The van der Waals surface area contributed by atoms with E-state index < -0.39 is 0 Å². The first kappa shape index (κ1) is 28.7. The normalized spacial score (nSPS) is 13.2. The van der Waals surface area contributed by atoms with Crippen LogP contribution in [0.5, 0.6) is 0 Å². The first-order valence-electron chi connectivity index (χ1n) is 17.4. The molecular formula is C48H34N2. The second kappa shape index (κ2) is 10.9. The Morgan fingerprint density at radius 2 is 0.880 bits per heavy atom. The molecule has 0 radical (unpaired) electrons. The highest BCUT2D eigenvalue weighted by atomic mass is 15.0. The Morgan fingerprint density at radius 1 is 0.420 bits per heavy atom. The Balaban J connectivity index is 0.983. The van der Waals surface area contributed by atoms with Crippen molar-refractivity contribution in [1.82, 2.24) is 9.55 Å². The summed E-state index contributed by atoms with van der Waals surface area (Å²) in [6, 6.07) is 58.2. The van der Waals surface area contributed by atoms with Crippen molar-refractivity contribution in [3.8, 4) is 50.2 Å². The van der Waals surface area contributed by atoms with Gasteiger partial charge in [0.25, 0.3) is 0 Å². The Labute approximate surface area is 291 Å². The van der Waals surface area contributed by atoms with Gasteiger partial charge >= 0.3 is 0 Å². The molecule has 9 aromatic rings. The van der Waals surface area contributed by atoms with E-state index in [0.29, 0.717) is 0 Å². The zero-order valence-electron chi connectivity index (χ0n) is 28.1. The summed E-state index contributed by atoms with van der Waals surface area (Å²) in [5, 5.41) is 5.05. The molecule has 7 aromatic carbocycles. The number of hydrogen-bond donors (Lipinski definition) is 0. The predicted molar refractivity (Wildman–Crippen MR) is 210 cm³/mol. The maximum atomic E-state index is 4.16. The molecule has 0 atom stereocenters. The molecule has 0 aliphatic heterocycles. The Hall–Kier alpha value is -6.25. The van der Waals surface area contributed by atoms with Crippen molar-refractivity contribution in [2.24, 2.45) is 0 Å². The van der Waals surface area contributed by atoms with E-state index in [9.17, 15) is 0 Å². The standard InChI is InChI=1S/C48H34N2/c1-48(2)44-29-37(32-13-11-31(12-14-32)33-23-25-49-26-24-33)18-21-40(44)41-22-19-38(30-45(41)48)34-15-16-36-28-39(20-17-35(36)27-34)50-46-9-5-3-7-42(46)43-8-4-6-10-47(43)50/h3-30H,1-2H3. The van der Waals surface area contributed by atoms with Gasteiger partial charge in [-0.05, 0) is 121 Å². The molecule has 1 aliphatic rings. The van der Waals surface area contributed by atoms with Crippen LogP contribution in [0.4, 0.5) is 0 Å². The summed E-state index contributed by atoms with van der Waals surface area (Å²) in [4.78, 5) is 4.16. The number of fused-ring (bicyclic) bond motifs is 7. The summed E-state index contributed by atoms with van der Waals surface area (Å²) < 4.78 is 2.39. The van der Waals surface area contributed by atoms with Crippen LogP contribution < -0.4 is 0 Å². The van der Waals surface area contributed by atoms with Crippen molar-refractivity contribution >= 4 is 32.6 Å². The maximum Gasteiger partial charge on any atom is 0.0541 e. The molecule has 0 fully saturated rings. The second-order valence-electron chi connectivity index (χ2n) is 14.1. The lowest BCUT2D eigenvalue weighted by Gasteiger charge is -2.22. The Morgan fingerprint density at radius 3 is 1.52 bits per heavy atom. The van der Waals surface area contributed by atoms with Gasteiger partial charge in [0.15, 0.2) is 0 Å². The van der Waals surface area contributed by atoms with Gasteiger partial charge in [0, 0.05) is 34.3 Å². The van der Waals surface area contributed by atoms with Crippen LogP contribution in [0.1, 0.15) is 25.0 Å². The average Bonchev–Trinajstić information content (AvgIpc) is 3.63. The van der Waals surface area contributed by atoms with Gasteiger partial charge in [0.2, 0.25) is 0 Å². The average molecular weight is 639 g/mol. The van der Waals surface area contributed by atoms with E-state index in [-0.39, 0.29) is 5.41 Å². The molecule has 0 amide bonds. The number of rotatable bonds is 4. The Kier molecular flexibility index (Phi) is 6.25. The number of para-hydroxylation sites is 2. The van der Waals surface area contributed by atoms with Crippen LogP contribution in [0.15, 0.2) is 170 Å². The lowest BCUT2D eigenvalue weighted by molar-refractivity contribution is 0.661. The van der Waals surface area contributed by atoms with Crippen LogP contribution >= 0.6 is 0 Å².